The van der Waals surface area contributed by atoms with Crippen LogP contribution in [0.25, 0.3) is 0 Å². The Labute approximate surface area is 142 Å². The molecule has 0 fully saturated rings. The van der Waals surface area contributed by atoms with E-state index in [4.69, 9.17) is 4.74 Å². The minimum absolute atomic E-state index is 0.182. The molecule has 1 aromatic carbocycles. The van der Waals surface area contributed by atoms with Crippen LogP contribution in [0, 0.1) is 5.92 Å². The van der Waals surface area contributed by atoms with Crippen molar-refractivity contribution in [2.45, 2.75) is 20.3 Å². The highest BCUT2D eigenvalue weighted by Crippen LogP contribution is 2.17. The van der Waals surface area contributed by atoms with E-state index in [2.05, 4.69) is 20.6 Å². The second-order valence-corrected chi connectivity index (χ2v) is 5.86. The molecule has 6 nitrogen and oxygen atoms in total. The van der Waals surface area contributed by atoms with Crippen molar-refractivity contribution >= 4 is 11.9 Å². The van der Waals surface area contributed by atoms with Crippen molar-refractivity contribution in [1.29, 1.82) is 0 Å². The van der Waals surface area contributed by atoms with Gasteiger partial charge >= 0.3 is 0 Å². The van der Waals surface area contributed by atoms with Gasteiger partial charge in [-0.1, -0.05) is 32.0 Å². The molecule has 0 spiro atoms. The minimum Gasteiger partial charge on any atom is -0.496 e. The standard InChI is InChI=1S/C18H24N4O2/c1-13(2)12-21-17(23)15-9-11-20-18(22-15)19-10-8-14-6-4-5-7-16(14)24-3/h4-7,9,11,13H,8,10,12H2,1-3H3,(H,21,23)(H,19,20,22). The van der Waals surface area contributed by atoms with Gasteiger partial charge in [0.15, 0.2) is 0 Å². The van der Waals surface area contributed by atoms with Crippen LogP contribution in [0.3, 0.4) is 0 Å². The zero-order chi connectivity index (χ0) is 17.4. The predicted octanol–water partition coefficient (Wildman–Crippen LogP) is 2.53. The largest absolute Gasteiger partial charge is 0.496 e. The maximum Gasteiger partial charge on any atom is 0.270 e. The van der Waals surface area contributed by atoms with Gasteiger partial charge in [0.05, 0.1) is 7.11 Å². The van der Waals surface area contributed by atoms with Gasteiger partial charge in [0.1, 0.15) is 11.4 Å². The Morgan fingerprint density at radius 1 is 1.25 bits per heavy atom. The van der Waals surface area contributed by atoms with Crippen molar-refractivity contribution in [3.05, 3.63) is 47.8 Å². The number of amides is 1. The third-order valence-corrected chi connectivity index (χ3v) is 3.43. The van der Waals surface area contributed by atoms with Gasteiger partial charge in [0, 0.05) is 19.3 Å². The fourth-order valence-corrected chi connectivity index (χ4v) is 2.18. The maximum atomic E-state index is 12.0. The number of nitrogens with one attached hydrogen (secondary N) is 2. The number of aromatic nitrogens is 2. The number of rotatable bonds is 8. The van der Waals surface area contributed by atoms with Gasteiger partial charge in [-0.2, -0.15) is 0 Å². The maximum absolute atomic E-state index is 12.0. The molecule has 1 heterocycles. The number of hydrogen-bond donors (Lipinski definition) is 2. The summed E-state index contributed by atoms with van der Waals surface area (Å²) in [7, 11) is 1.66. The molecule has 2 rings (SSSR count). The molecule has 0 aliphatic carbocycles. The summed E-state index contributed by atoms with van der Waals surface area (Å²) in [4.78, 5) is 20.5. The van der Waals surface area contributed by atoms with Crippen LogP contribution in [0.5, 0.6) is 5.75 Å². The molecule has 0 aliphatic heterocycles. The molecule has 24 heavy (non-hydrogen) atoms. The van der Waals surface area contributed by atoms with Crippen LogP contribution in [-0.4, -0.2) is 36.1 Å². The molecule has 2 aromatic rings. The molecule has 1 amide bonds. The van der Waals surface area contributed by atoms with E-state index in [0.717, 1.165) is 17.7 Å². The lowest BCUT2D eigenvalue weighted by Gasteiger charge is -2.10. The molecule has 0 saturated heterocycles. The van der Waals surface area contributed by atoms with E-state index in [9.17, 15) is 4.79 Å². The van der Waals surface area contributed by atoms with Crippen LogP contribution in [0.2, 0.25) is 0 Å². The first-order valence-electron chi connectivity index (χ1n) is 8.07. The Morgan fingerprint density at radius 3 is 2.79 bits per heavy atom. The van der Waals surface area contributed by atoms with Crippen LogP contribution in [0.1, 0.15) is 29.9 Å². The fourth-order valence-electron chi connectivity index (χ4n) is 2.18. The molecule has 1 aromatic heterocycles. The van der Waals surface area contributed by atoms with Crippen LogP contribution >= 0.6 is 0 Å². The number of methoxy groups -OCH3 is 1. The number of carbonyl (C=O) groups is 1. The molecule has 6 heteroatoms. The first kappa shape index (κ1) is 17.7. The van der Waals surface area contributed by atoms with E-state index in [1.807, 2.05) is 38.1 Å². The SMILES string of the molecule is COc1ccccc1CCNc1nccc(C(=O)NCC(C)C)n1. The van der Waals surface area contributed by atoms with E-state index in [0.29, 0.717) is 30.6 Å². The number of nitrogens with zero attached hydrogens (tertiary/aromatic N) is 2. The Balaban J connectivity index is 1.91. The average Bonchev–Trinajstić information content (AvgIpc) is 2.60. The van der Waals surface area contributed by atoms with Crippen LogP contribution in [-0.2, 0) is 6.42 Å². The van der Waals surface area contributed by atoms with Crippen molar-refractivity contribution in [3.8, 4) is 5.75 Å². The molecule has 0 radical (unpaired) electrons. The number of benzene rings is 1. The second-order valence-electron chi connectivity index (χ2n) is 5.86. The Hall–Kier alpha value is -2.63. The summed E-state index contributed by atoms with van der Waals surface area (Å²) in [5.41, 5.74) is 1.48. The van der Waals surface area contributed by atoms with Crippen molar-refractivity contribution < 1.29 is 9.53 Å². The Morgan fingerprint density at radius 2 is 2.04 bits per heavy atom. The number of carbonyl (C=O) groups excluding carboxylic acids is 1. The molecule has 0 unspecified atom stereocenters. The van der Waals surface area contributed by atoms with Gasteiger partial charge in [-0.3, -0.25) is 4.79 Å². The molecule has 2 N–H and O–H groups in total. The summed E-state index contributed by atoms with van der Waals surface area (Å²) in [6.45, 7) is 5.37. The van der Waals surface area contributed by atoms with Crippen molar-refractivity contribution in [3.63, 3.8) is 0 Å². The van der Waals surface area contributed by atoms with Gasteiger partial charge in [-0.15, -0.1) is 0 Å². The van der Waals surface area contributed by atoms with Gasteiger partial charge in [-0.05, 0) is 30.0 Å². The summed E-state index contributed by atoms with van der Waals surface area (Å²) in [6.07, 6.45) is 2.36. The van der Waals surface area contributed by atoms with E-state index < -0.39 is 0 Å². The van der Waals surface area contributed by atoms with Gasteiger partial charge in [-0.25, -0.2) is 9.97 Å². The molecule has 0 saturated carbocycles. The lowest BCUT2D eigenvalue weighted by Crippen LogP contribution is -2.28. The second kappa shape index (κ2) is 8.86. The molecular formula is C18H24N4O2. The lowest BCUT2D eigenvalue weighted by atomic mass is 10.1. The van der Waals surface area contributed by atoms with Gasteiger partial charge in [0.25, 0.3) is 5.91 Å². The lowest BCUT2D eigenvalue weighted by molar-refractivity contribution is 0.0944. The van der Waals surface area contributed by atoms with Crippen LogP contribution in [0.4, 0.5) is 5.95 Å². The van der Waals surface area contributed by atoms with Crippen molar-refractivity contribution in [2.24, 2.45) is 5.92 Å². The Bertz CT molecular complexity index is 674. The van der Waals surface area contributed by atoms with E-state index in [1.165, 1.54) is 0 Å². The number of hydrogen-bond acceptors (Lipinski definition) is 5. The first-order valence-corrected chi connectivity index (χ1v) is 8.07. The quantitative estimate of drug-likeness (QED) is 0.779. The number of para-hydroxylation sites is 1. The normalized spacial score (nSPS) is 10.5. The average molecular weight is 328 g/mol. The van der Waals surface area contributed by atoms with E-state index >= 15 is 0 Å². The fraction of sp³-hybridized carbons (Fsp3) is 0.389. The molecule has 0 bridgehead atoms. The van der Waals surface area contributed by atoms with Gasteiger partial charge in [0.2, 0.25) is 5.95 Å². The summed E-state index contributed by atoms with van der Waals surface area (Å²) in [5.74, 6) is 1.53. The van der Waals surface area contributed by atoms with Crippen molar-refractivity contribution in [2.75, 3.05) is 25.5 Å². The predicted molar refractivity (Wildman–Crippen MR) is 94.4 cm³/mol. The smallest absolute Gasteiger partial charge is 0.270 e. The monoisotopic (exact) mass is 328 g/mol. The zero-order valence-electron chi connectivity index (χ0n) is 14.4. The summed E-state index contributed by atoms with van der Waals surface area (Å²) in [5, 5.41) is 6.00. The van der Waals surface area contributed by atoms with E-state index in [-0.39, 0.29) is 5.91 Å². The summed E-state index contributed by atoms with van der Waals surface area (Å²) in [6, 6.07) is 9.50. The molecule has 0 aliphatic rings. The first-order chi connectivity index (χ1) is 11.6. The van der Waals surface area contributed by atoms with Crippen LogP contribution in [0.15, 0.2) is 36.5 Å². The molecule has 0 atom stereocenters. The zero-order valence-corrected chi connectivity index (χ0v) is 14.4. The third kappa shape index (κ3) is 5.22. The third-order valence-electron chi connectivity index (χ3n) is 3.43. The highest BCUT2D eigenvalue weighted by atomic mass is 16.5. The topological polar surface area (TPSA) is 76.1 Å². The summed E-state index contributed by atoms with van der Waals surface area (Å²) < 4.78 is 5.33. The van der Waals surface area contributed by atoms with E-state index in [1.54, 1.807) is 19.4 Å². The number of anilines is 1. The molecular weight excluding hydrogens is 304 g/mol. The van der Waals surface area contributed by atoms with Crippen LogP contribution < -0.4 is 15.4 Å². The molecule has 128 valence electrons. The Kier molecular flexibility index (Phi) is 6.54. The highest BCUT2D eigenvalue weighted by Gasteiger charge is 2.09. The van der Waals surface area contributed by atoms with Crippen molar-refractivity contribution in [1.82, 2.24) is 15.3 Å². The highest BCUT2D eigenvalue weighted by molar-refractivity contribution is 5.92. The minimum atomic E-state index is -0.182. The van der Waals surface area contributed by atoms with Gasteiger partial charge < -0.3 is 15.4 Å². The summed E-state index contributed by atoms with van der Waals surface area (Å²) >= 11 is 0. The number of ether oxygens (including phenoxy) is 1.